The number of rotatable bonds is 2. The van der Waals surface area contributed by atoms with E-state index in [9.17, 15) is 4.79 Å². The average molecular weight is 320 g/mol. The third kappa shape index (κ3) is 3.47. The first-order valence-electron chi connectivity index (χ1n) is 7.32. The lowest BCUT2D eigenvalue weighted by Gasteiger charge is -2.24. The standard InChI is InChI=1S/C17H18ClNOS/c18-15-8-6-13(7-9-15)14-4-1-2-10-19(12-14)17(20)16-5-3-11-21-16/h3,5-9,11,14H,1-2,4,10,12H2/t14-/m0/s1. The summed E-state index contributed by atoms with van der Waals surface area (Å²) in [5.41, 5.74) is 1.28. The first-order chi connectivity index (χ1) is 10.2. The zero-order chi connectivity index (χ0) is 14.7. The van der Waals surface area contributed by atoms with Gasteiger partial charge in [0.2, 0.25) is 0 Å². The molecule has 1 fully saturated rings. The fourth-order valence-electron chi connectivity index (χ4n) is 2.89. The average Bonchev–Trinajstić information content (AvgIpc) is 2.92. The molecule has 1 amide bonds. The van der Waals surface area contributed by atoms with Gasteiger partial charge in [0.15, 0.2) is 0 Å². The van der Waals surface area contributed by atoms with E-state index in [-0.39, 0.29) is 5.91 Å². The molecular formula is C17H18ClNOS. The van der Waals surface area contributed by atoms with E-state index in [1.165, 1.54) is 23.3 Å². The molecule has 0 aliphatic carbocycles. The molecular weight excluding hydrogens is 302 g/mol. The smallest absolute Gasteiger partial charge is 0.263 e. The Morgan fingerprint density at radius 1 is 1.19 bits per heavy atom. The van der Waals surface area contributed by atoms with Gasteiger partial charge in [-0.1, -0.05) is 36.2 Å². The molecule has 0 bridgehead atoms. The summed E-state index contributed by atoms with van der Waals surface area (Å²) in [7, 11) is 0. The van der Waals surface area contributed by atoms with Crippen LogP contribution in [-0.4, -0.2) is 23.9 Å². The van der Waals surface area contributed by atoms with Crippen LogP contribution in [-0.2, 0) is 0 Å². The van der Waals surface area contributed by atoms with Crippen LogP contribution in [0.4, 0.5) is 0 Å². The summed E-state index contributed by atoms with van der Waals surface area (Å²) in [6.07, 6.45) is 3.39. The Bertz CT molecular complexity index is 594. The van der Waals surface area contributed by atoms with Crippen LogP contribution in [0.2, 0.25) is 5.02 Å². The van der Waals surface area contributed by atoms with Crippen molar-refractivity contribution in [3.05, 3.63) is 57.2 Å². The van der Waals surface area contributed by atoms with Gasteiger partial charge in [-0.15, -0.1) is 11.3 Å². The van der Waals surface area contributed by atoms with Crippen molar-refractivity contribution in [3.8, 4) is 0 Å². The maximum absolute atomic E-state index is 12.6. The van der Waals surface area contributed by atoms with Gasteiger partial charge in [0, 0.05) is 24.0 Å². The maximum atomic E-state index is 12.6. The lowest BCUT2D eigenvalue weighted by molar-refractivity contribution is 0.0759. The maximum Gasteiger partial charge on any atom is 0.263 e. The number of carbonyl (C=O) groups excluding carboxylic acids is 1. The monoisotopic (exact) mass is 319 g/mol. The number of hydrogen-bond donors (Lipinski definition) is 0. The molecule has 0 saturated carbocycles. The molecule has 0 spiro atoms. The Morgan fingerprint density at radius 2 is 2.00 bits per heavy atom. The lowest BCUT2D eigenvalue weighted by atomic mass is 9.94. The van der Waals surface area contributed by atoms with Crippen LogP contribution in [0.5, 0.6) is 0 Å². The summed E-state index contributed by atoms with van der Waals surface area (Å²) in [6, 6.07) is 11.9. The molecule has 2 nitrogen and oxygen atoms in total. The van der Waals surface area contributed by atoms with Crippen molar-refractivity contribution in [2.45, 2.75) is 25.2 Å². The van der Waals surface area contributed by atoms with Crippen LogP contribution >= 0.6 is 22.9 Å². The van der Waals surface area contributed by atoms with E-state index in [4.69, 9.17) is 11.6 Å². The van der Waals surface area contributed by atoms with Gasteiger partial charge in [-0.2, -0.15) is 0 Å². The number of thiophene rings is 1. The Labute approximate surface area is 134 Å². The van der Waals surface area contributed by atoms with Gasteiger partial charge in [-0.25, -0.2) is 0 Å². The van der Waals surface area contributed by atoms with Gasteiger partial charge in [-0.05, 0) is 42.0 Å². The molecule has 1 aromatic heterocycles. The number of benzene rings is 1. The fraction of sp³-hybridized carbons (Fsp3) is 0.353. The van der Waals surface area contributed by atoms with E-state index in [2.05, 4.69) is 12.1 Å². The number of carbonyl (C=O) groups is 1. The number of likely N-dealkylation sites (tertiary alicyclic amines) is 1. The molecule has 1 aliphatic heterocycles. The fourth-order valence-corrected chi connectivity index (χ4v) is 3.71. The van der Waals surface area contributed by atoms with Crippen molar-refractivity contribution in [2.24, 2.45) is 0 Å². The summed E-state index contributed by atoms with van der Waals surface area (Å²) < 4.78 is 0. The van der Waals surface area contributed by atoms with Crippen LogP contribution in [0.3, 0.4) is 0 Å². The van der Waals surface area contributed by atoms with E-state index in [0.29, 0.717) is 5.92 Å². The highest BCUT2D eigenvalue weighted by molar-refractivity contribution is 7.12. The first kappa shape index (κ1) is 14.6. The number of nitrogens with zero attached hydrogens (tertiary/aromatic N) is 1. The minimum absolute atomic E-state index is 0.172. The molecule has 110 valence electrons. The predicted molar refractivity (Wildman–Crippen MR) is 88.3 cm³/mol. The number of amides is 1. The minimum Gasteiger partial charge on any atom is -0.337 e. The molecule has 1 aliphatic rings. The van der Waals surface area contributed by atoms with Gasteiger partial charge in [0.1, 0.15) is 0 Å². The lowest BCUT2D eigenvalue weighted by Crippen LogP contribution is -2.33. The topological polar surface area (TPSA) is 20.3 Å². The molecule has 2 aromatic rings. The van der Waals surface area contributed by atoms with Crippen LogP contribution in [0.25, 0.3) is 0 Å². The van der Waals surface area contributed by atoms with Crippen molar-refractivity contribution in [1.82, 2.24) is 4.90 Å². The van der Waals surface area contributed by atoms with Crippen LogP contribution in [0.1, 0.15) is 40.4 Å². The van der Waals surface area contributed by atoms with E-state index in [1.54, 1.807) is 0 Å². The number of hydrogen-bond acceptors (Lipinski definition) is 2. The van der Waals surface area contributed by atoms with Gasteiger partial charge >= 0.3 is 0 Å². The normalized spacial score (nSPS) is 19.3. The summed E-state index contributed by atoms with van der Waals surface area (Å²) in [5.74, 6) is 0.583. The highest BCUT2D eigenvalue weighted by Gasteiger charge is 2.24. The zero-order valence-corrected chi connectivity index (χ0v) is 13.4. The van der Waals surface area contributed by atoms with Crippen LogP contribution < -0.4 is 0 Å². The van der Waals surface area contributed by atoms with Crippen LogP contribution in [0, 0.1) is 0 Å². The number of halogens is 1. The third-order valence-electron chi connectivity index (χ3n) is 4.03. The second kappa shape index (κ2) is 6.63. The Hall–Kier alpha value is -1.32. The van der Waals surface area contributed by atoms with E-state index < -0.39 is 0 Å². The van der Waals surface area contributed by atoms with Crippen LogP contribution in [0.15, 0.2) is 41.8 Å². The zero-order valence-electron chi connectivity index (χ0n) is 11.8. The third-order valence-corrected chi connectivity index (χ3v) is 5.14. The minimum atomic E-state index is 0.172. The van der Waals surface area contributed by atoms with Crippen molar-refractivity contribution in [2.75, 3.05) is 13.1 Å². The molecule has 1 saturated heterocycles. The van der Waals surface area contributed by atoms with E-state index >= 15 is 0 Å². The van der Waals surface area contributed by atoms with Crippen molar-refractivity contribution in [1.29, 1.82) is 0 Å². The molecule has 1 atom stereocenters. The Morgan fingerprint density at radius 3 is 2.71 bits per heavy atom. The summed E-state index contributed by atoms with van der Waals surface area (Å²) >= 11 is 7.49. The molecule has 4 heteroatoms. The van der Waals surface area contributed by atoms with E-state index in [1.807, 2.05) is 34.5 Å². The summed E-state index contributed by atoms with van der Waals surface area (Å²) in [5, 5.41) is 2.72. The Balaban J connectivity index is 1.77. The summed E-state index contributed by atoms with van der Waals surface area (Å²) in [6.45, 7) is 1.67. The molecule has 3 rings (SSSR count). The largest absolute Gasteiger partial charge is 0.337 e. The second-order valence-electron chi connectivity index (χ2n) is 5.47. The molecule has 21 heavy (non-hydrogen) atoms. The van der Waals surface area contributed by atoms with Crippen molar-refractivity contribution in [3.63, 3.8) is 0 Å². The quantitative estimate of drug-likeness (QED) is 0.777. The molecule has 0 radical (unpaired) electrons. The van der Waals surface area contributed by atoms with Gasteiger partial charge in [-0.3, -0.25) is 4.79 Å². The summed E-state index contributed by atoms with van der Waals surface area (Å²) in [4.78, 5) is 15.4. The van der Waals surface area contributed by atoms with E-state index in [0.717, 1.165) is 35.8 Å². The van der Waals surface area contributed by atoms with Gasteiger partial charge < -0.3 is 4.90 Å². The predicted octanol–water partition coefficient (Wildman–Crippen LogP) is 4.81. The second-order valence-corrected chi connectivity index (χ2v) is 6.86. The molecule has 2 heterocycles. The van der Waals surface area contributed by atoms with Crippen molar-refractivity contribution >= 4 is 28.8 Å². The first-order valence-corrected chi connectivity index (χ1v) is 8.58. The highest BCUT2D eigenvalue weighted by Crippen LogP contribution is 2.28. The highest BCUT2D eigenvalue weighted by atomic mass is 35.5. The molecule has 0 N–H and O–H groups in total. The Kier molecular flexibility index (Phi) is 4.61. The van der Waals surface area contributed by atoms with Crippen molar-refractivity contribution < 1.29 is 4.79 Å². The molecule has 1 aromatic carbocycles. The molecule has 0 unspecified atom stereocenters. The van der Waals surface area contributed by atoms with Gasteiger partial charge in [0.25, 0.3) is 5.91 Å². The van der Waals surface area contributed by atoms with Gasteiger partial charge in [0.05, 0.1) is 4.88 Å². The SMILES string of the molecule is O=C(c1cccs1)N1CCCC[C@H](c2ccc(Cl)cc2)C1.